The van der Waals surface area contributed by atoms with Crippen molar-refractivity contribution in [1.29, 1.82) is 0 Å². The molecule has 0 aliphatic heterocycles. The Hall–Kier alpha value is -2.76. The molecule has 0 bridgehead atoms. The van der Waals surface area contributed by atoms with Crippen LogP contribution in [0.25, 0.3) is 0 Å². The summed E-state index contributed by atoms with van der Waals surface area (Å²) >= 11 is 0. The Morgan fingerprint density at radius 3 is 2.55 bits per heavy atom. The van der Waals surface area contributed by atoms with Gasteiger partial charge in [0.05, 0.1) is 7.11 Å². The van der Waals surface area contributed by atoms with Crippen molar-refractivity contribution in [2.75, 3.05) is 7.11 Å². The second kappa shape index (κ2) is 7.31. The Kier molecular flexibility index (Phi) is 5.19. The first-order chi connectivity index (χ1) is 10.6. The first kappa shape index (κ1) is 15.6. The average Bonchev–Trinajstić information content (AvgIpc) is 2.56. The molecule has 1 aromatic carbocycles. The summed E-state index contributed by atoms with van der Waals surface area (Å²) in [7, 11) is 1.22. The van der Waals surface area contributed by atoms with Crippen LogP contribution in [0, 0.1) is 5.82 Å². The number of esters is 1. The molecule has 114 valence electrons. The molecule has 6 heteroatoms. The van der Waals surface area contributed by atoms with E-state index in [0.717, 1.165) is 0 Å². The van der Waals surface area contributed by atoms with E-state index < -0.39 is 23.7 Å². The highest BCUT2D eigenvalue weighted by Gasteiger charge is 2.23. The largest absolute Gasteiger partial charge is 0.467 e. The summed E-state index contributed by atoms with van der Waals surface area (Å²) in [5.41, 5.74) is 0.686. The van der Waals surface area contributed by atoms with Gasteiger partial charge < -0.3 is 10.1 Å². The number of hydrogen-bond donors (Lipinski definition) is 1. The number of nitrogens with one attached hydrogen (secondary N) is 1. The molecule has 2 rings (SSSR count). The minimum absolute atomic E-state index is 0.0101. The van der Waals surface area contributed by atoms with Gasteiger partial charge in [0.2, 0.25) is 0 Å². The topological polar surface area (TPSA) is 68.3 Å². The highest BCUT2D eigenvalue weighted by molar-refractivity contribution is 5.96. The predicted octanol–water partition coefficient (Wildman–Crippen LogP) is 1.73. The van der Waals surface area contributed by atoms with Crippen LogP contribution in [0.2, 0.25) is 0 Å². The van der Waals surface area contributed by atoms with Crippen LogP contribution in [0.1, 0.15) is 15.9 Å². The van der Waals surface area contributed by atoms with Crippen LogP contribution in [0.3, 0.4) is 0 Å². The maximum absolute atomic E-state index is 13.7. The fourth-order valence-corrected chi connectivity index (χ4v) is 1.96. The Morgan fingerprint density at radius 1 is 1.23 bits per heavy atom. The molecule has 0 saturated heterocycles. The highest BCUT2D eigenvalue weighted by atomic mass is 19.1. The fourth-order valence-electron chi connectivity index (χ4n) is 1.96. The van der Waals surface area contributed by atoms with E-state index in [2.05, 4.69) is 15.0 Å². The molecule has 0 aliphatic rings. The number of aromatic nitrogens is 1. The summed E-state index contributed by atoms with van der Waals surface area (Å²) in [5.74, 6) is -1.52. The summed E-state index contributed by atoms with van der Waals surface area (Å²) in [5, 5.41) is 2.55. The lowest BCUT2D eigenvalue weighted by Crippen LogP contribution is -2.43. The van der Waals surface area contributed by atoms with Crippen LogP contribution in [0.5, 0.6) is 0 Å². The molecule has 1 atom stereocenters. The summed E-state index contributed by atoms with van der Waals surface area (Å²) in [4.78, 5) is 27.7. The number of pyridine rings is 1. The van der Waals surface area contributed by atoms with Crippen LogP contribution in [0.15, 0.2) is 48.8 Å². The summed E-state index contributed by atoms with van der Waals surface area (Å²) in [6.45, 7) is 0. The predicted molar refractivity (Wildman–Crippen MR) is 77.6 cm³/mol. The number of carbonyl (C=O) groups excluding carboxylic acids is 2. The van der Waals surface area contributed by atoms with Crippen LogP contribution in [-0.4, -0.2) is 30.0 Å². The Morgan fingerprint density at radius 2 is 1.91 bits per heavy atom. The van der Waals surface area contributed by atoms with Crippen molar-refractivity contribution in [2.24, 2.45) is 0 Å². The average molecular weight is 302 g/mol. The standard InChI is InChI=1S/C16H15FN2O3/c1-22-16(21)14(10-12-4-2-3-5-13(12)17)19-15(20)11-6-8-18-9-7-11/h2-9,14H,10H2,1H3,(H,19,20)/t14-/m0/s1. The quantitative estimate of drug-likeness (QED) is 0.854. The maximum Gasteiger partial charge on any atom is 0.328 e. The van der Waals surface area contributed by atoms with Gasteiger partial charge >= 0.3 is 5.97 Å². The van der Waals surface area contributed by atoms with Crippen LogP contribution >= 0.6 is 0 Å². The third-order valence-corrected chi connectivity index (χ3v) is 3.12. The van der Waals surface area contributed by atoms with Gasteiger partial charge in [0.15, 0.2) is 0 Å². The number of halogens is 1. The van der Waals surface area contributed by atoms with E-state index in [4.69, 9.17) is 0 Å². The van der Waals surface area contributed by atoms with Gasteiger partial charge in [-0.25, -0.2) is 9.18 Å². The SMILES string of the molecule is COC(=O)[C@H](Cc1ccccc1F)NC(=O)c1ccncc1. The van der Waals surface area contributed by atoms with Gasteiger partial charge in [0, 0.05) is 24.4 Å². The van der Waals surface area contributed by atoms with E-state index in [1.807, 2.05) is 0 Å². The summed E-state index contributed by atoms with van der Waals surface area (Å²) in [6.07, 6.45) is 2.95. The minimum atomic E-state index is -0.970. The Balaban J connectivity index is 2.15. The van der Waals surface area contributed by atoms with Crippen LogP contribution in [0.4, 0.5) is 4.39 Å². The molecule has 1 aromatic heterocycles. The van der Waals surface area contributed by atoms with E-state index in [1.165, 1.54) is 37.7 Å². The summed E-state index contributed by atoms with van der Waals surface area (Å²) in [6, 6.07) is 8.15. The first-order valence-corrected chi connectivity index (χ1v) is 6.64. The Labute approximate surface area is 127 Å². The van der Waals surface area contributed by atoms with Crippen molar-refractivity contribution < 1.29 is 18.7 Å². The number of benzene rings is 1. The first-order valence-electron chi connectivity index (χ1n) is 6.64. The van der Waals surface area contributed by atoms with E-state index in [-0.39, 0.29) is 6.42 Å². The molecule has 0 spiro atoms. The zero-order valence-corrected chi connectivity index (χ0v) is 12.0. The molecule has 0 saturated carbocycles. The lowest BCUT2D eigenvalue weighted by Gasteiger charge is -2.17. The van der Waals surface area contributed by atoms with Crippen molar-refractivity contribution >= 4 is 11.9 Å². The molecule has 0 unspecified atom stereocenters. The number of amides is 1. The summed E-state index contributed by atoms with van der Waals surface area (Å²) < 4.78 is 18.4. The Bertz CT molecular complexity index is 661. The van der Waals surface area contributed by atoms with E-state index in [0.29, 0.717) is 11.1 Å². The molecule has 0 fully saturated rings. The van der Waals surface area contributed by atoms with Gasteiger partial charge in [-0.1, -0.05) is 18.2 Å². The van der Waals surface area contributed by atoms with E-state index in [1.54, 1.807) is 18.2 Å². The number of nitrogens with zero attached hydrogens (tertiary/aromatic N) is 1. The zero-order valence-electron chi connectivity index (χ0n) is 12.0. The van der Waals surface area contributed by atoms with Gasteiger partial charge in [-0.05, 0) is 23.8 Å². The van der Waals surface area contributed by atoms with Gasteiger partial charge in [-0.15, -0.1) is 0 Å². The van der Waals surface area contributed by atoms with Crippen molar-refractivity contribution in [2.45, 2.75) is 12.5 Å². The van der Waals surface area contributed by atoms with Crippen molar-refractivity contribution in [3.8, 4) is 0 Å². The minimum Gasteiger partial charge on any atom is -0.467 e. The van der Waals surface area contributed by atoms with Gasteiger partial charge in [-0.2, -0.15) is 0 Å². The molecular formula is C16H15FN2O3. The highest BCUT2D eigenvalue weighted by Crippen LogP contribution is 2.10. The molecule has 5 nitrogen and oxygen atoms in total. The van der Waals surface area contributed by atoms with Crippen molar-refractivity contribution in [3.05, 3.63) is 65.7 Å². The molecule has 0 radical (unpaired) electrons. The number of ether oxygens (including phenoxy) is 1. The second-order valence-electron chi connectivity index (χ2n) is 4.58. The maximum atomic E-state index is 13.7. The molecule has 1 N–H and O–H groups in total. The van der Waals surface area contributed by atoms with Gasteiger partial charge in [0.25, 0.3) is 5.91 Å². The normalized spacial score (nSPS) is 11.5. The van der Waals surface area contributed by atoms with Crippen molar-refractivity contribution in [1.82, 2.24) is 10.3 Å². The van der Waals surface area contributed by atoms with Gasteiger partial charge in [0.1, 0.15) is 11.9 Å². The molecule has 1 heterocycles. The van der Waals surface area contributed by atoms with Crippen LogP contribution < -0.4 is 5.32 Å². The number of rotatable bonds is 5. The fraction of sp³-hybridized carbons (Fsp3) is 0.188. The third-order valence-electron chi connectivity index (χ3n) is 3.12. The molecule has 22 heavy (non-hydrogen) atoms. The third kappa shape index (κ3) is 3.88. The molecule has 1 amide bonds. The second-order valence-corrected chi connectivity index (χ2v) is 4.58. The molecule has 2 aromatic rings. The smallest absolute Gasteiger partial charge is 0.328 e. The number of carbonyl (C=O) groups is 2. The molecule has 0 aliphatic carbocycles. The van der Waals surface area contributed by atoms with Crippen LogP contribution in [-0.2, 0) is 16.0 Å². The van der Waals surface area contributed by atoms with E-state index in [9.17, 15) is 14.0 Å². The van der Waals surface area contributed by atoms with E-state index >= 15 is 0 Å². The van der Waals surface area contributed by atoms with Gasteiger partial charge in [-0.3, -0.25) is 9.78 Å². The zero-order chi connectivity index (χ0) is 15.9. The lowest BCUT2D eigenvalue weighted by molar-refractivity contribution is -0.142. The van der Waals surface area contributed by atoms with Crippen molar-refractivity contribution in [3.63, 3.8) is 0 Å². The monoisotopic (exact) mass is 302 g/mol. The number of methoxy groups -OCH3 is 1. The molecular weight excluding hydrogens is 287 g/mol. The number of hydrogen-bond acceptors (Lipinski definition) is 4. The lowest BCUT2D eigenvalue weighted by atomic mass is 10.0.